The van der Waals surface area contributed by atoms with Crippen LogP contribution >= 0.6 is 0 Å². The third kappa shape index (κ3) is 9.96. The van der Waals surface area contributed by atoms with E-state index in [4.69, 9.17) is 18.9 Å². The Hall–Kier alpha value is -3.58. The van der Waals surface area contributed by atoms with Gasteiger partial charge in [-0.3, -0.25) is 4.79 Å². The standard InChI is InChI=1S/C35H46FN3O7S/c1-25-21-39(26(2)23-44-24-28-11-15-30(43-5)16-12-28)35(40)32-10-8-19-37-34(32)46-27(3)9-6-7-20-45-33(25)22-38(4)47(41,42)31-17-13-29(36)14-18-31/h8,10-19,25-27,33H,6-7,9,20-24H2,1-5H3/t25-,26+,27+,33+/m1/s1. The third-order valence-corrected chi connectivity index (χ3v) is 10.1. The van der Waals surface area contributed by atoms with E-state index in [1.54, 1.807) is 30.3 Å². The van der Waals surface area contributed by atoms with Crippen molar-refractivity contribution in [3.05, 3.63) is 83.8 Å². The predicted octanol–water partition coefficient (Wildman–Crippen LogP) is 5.57. The zero-order valence-electron chi connectivity index (χ0n) is 27.8. The molecule has 2 aromatic carbocycles. The van der Waals surface area contributed by atoms with Gasteiger partial charge in [0, 0.05) is 38.9 Å². The maximum absolute atomic E-state index is 14.3. The van der Waals surface area contributed by atoms with Crippen molar-refractivity contribution < 1.29 is 36.6 Å². The number of hydrogen-bond donors (Lipinski definition) is 0. The Morgan fingerprint density at radius 3 is 2.51 bits per heavy atom. The van der Waals surface area contributed by atoms with Crippen LogP contribution in [0.2, 0.25) is 0 Å². The van der Waals surface area contributed by atoms with Crippen LogP contribution in [-0.4, -0.2) is 87.2 Å². The number of carbonyl (C=O) groups is 1. The van der Waals surface area contributed by atoms with E-state index in [0.29, 0.717) is 18.8 Å². The maximum Gasteiger partial charge on any atom is 0.259 e. The molecule has 0 aliphatic carbocycles. The molecule has 3 aromatic rings. The number of rotatable bonds is 10. The van der Waals surface area contributed by atoms with Gasteiger partial charge >= 0.3 is 0 Å². The summed E-state index contributed by atoms with van der Waals surface area (Å²) in [4.78, 5) is 20.4. The van der Waals surface area contributed by atoms with Crippen LogP contribution in [0.4, 0.5) is 4.39 Å². The number of carbonyl (C=O) groups excluding carboxylic acids is 1. The Bertz CT molecular complexity index is 1540. The largest absolute Gasteiger partial charge is 0.497 e. The lowest BCUT2D eigenvalue weighted by Crippen LogP contribution is -2.48. The molecule has 0 saturated carbocycles. The molecule has 0 saturated heterocycles. The number of amides is 1. The monoisotopic (exact) mass is 671 g/mol. The van der Waals surface area contributed by atoms with Crippen molar-refractivity contribution in [1.82, 2.24) is 14.2 Å². The van der Waals surface area contributed by atoms with Crippen LogP contribution < -0.4 is 9.47 Å². The number of methoxy groups -OCH3 is 1. The summed E-state index contributed by atoms with van der Waals surface area (Å²) >= 11 is 0. The molecule has 0 N–H and O–H groups in total. The predicted molar refractivity (Wildman–Crippen MR) is 176 cm³/mol. The maximum atomic E-state index is 14.3. The fourth-order valence-corrected chi connectivity index (χ4v) is 6.59. The van der Waals surface area contributed by atoms with Crippen molar-refractivity contribution in [2.24, 2.45) is 5.92 Å². The fraction of sp³-hybridized carbons (Fsp3) is 0.486. The second-order valence-corrected chi connectivity index (χ2v) is 14.1. The molecule has 0 radical (unpaired) electrons. The summed E-state index contributed by atoms with van der Waals surface area (Å²) in [5, 5.41) is 0. The molecule has 1 aromatic heterocycles. The van der Waals surface area contributed by atoms with Crippen LogP contribution in [0.25, 0.3) is 0 Å². The number of ether oxygens (including phenoxy) is 4. The van der Waals surface area contributed by atoms with Gasteiger partial charge in [-0.25, -0.2) is 17.8 Å². The van der Waals surface area contributed by atoms with Crippen molar-refractivity contribution >= 4 is 15.9 Å². The van der Waals surface area contributed by atoms with Crippen LogP contribution in [0.3, 0.4) is 0 Å². The van der Waals surface area contributed by atoms with Crippen molar-refractivity contribution in [1.29, 1.82) is 0 Å². The zero-order valence-corrected chi connectivity index (χ0v) is 28.6. The van der Waals surface area contributed by atoms with E-state index in [-0.39, 0.29) is 54.4 Å². The summed E-state index contributed by atoms with van der Waals surface area (Å²) in [6, 6.07) is 15.4. The first-order valence-corrected chi connectivity index (χ1v) is 17.4. The summed E-state index contributed by atoms with van der Waals surface area (Å²) < 4.78 is 65.3. The van der Waals surface area contributed by atoms with E-state index >= 15 is 0 Å². The number of benzene rings is 2. The molecule has 12 heteroatoms. The lowest BCUT2D eigenvalue weighted by molar-refractivity contribution is -0.0121. The van der Waals surface area contributed by atoms with E-state index in [2.05, 4.69) is 4.98 Å². The first-order chi connectivity index (χ1) is 22.5. The van der Waals surface area contributed by atoms with Gasteiger partial charge in [0.05, 0.1) is 43.5 Å². The molecule has 1 aliphatic heterocycles. The number of sulfonamides is 1. The summed E-state index contributed by atoms with van der Waals surface area (Å²) in [5.74, 6) is -0.0290. The van der Waals surface area contributed by atoms with Crippen LogP contribution in [-0.2, 0) is 26.1 Å². The molecule has 0 unspecified atom stereocenters. The highest BCUT2D eigenvalue weighted by molar-refractivity contribution is 7.89. The summed E-state index contributed by atoms with van der Waals surface area (Å²) in [6.07, 6.45) is 3.18. The normalized spacial score (nSPS) is 20.6. The zero-order chi connectivity index (χ0) is 34.0. The van der Waals surface area contributed by atoms with Gasteiger partial charge in [-0.1, -0.05) is 19.1 Å². The van der Waals surface area contributed by atoms with Crippen LogP contribution in [0.1, 0.15) is 56.0 Å². The summed E-state index contributed by atoms with van der Waals surface area (Å²) in [6.45, 7) is 7.13. The Morgan fingerprint density at radius 2 is 1.81 bits per heavy atom. The molecular formula is C35H46FN3O7S. The van der Waals surface area contributed by atoms with Crippen LogP contribution in [0.5, 0.6) is 11.6 Å². The van der Waals surface area contributed by atoms with Gasteiger partial charge in [-0.05, 0) is 87.2 Å². The second kappa shape index (κ2) is 17.0. The molecule has 0 bridgehead atoms. The van der Waals surface area contributed by atoms with Gasteiger partial charge in [0.25, 0.3) is 5.91 Å². The number of aromatic nitrogens is 1. The minimum absolute atomic E-state index is 0.00697. The van der Waals surface area contributed by atoms with E-state index < -0.39 is 21.9 Å². The molecule has 4 rings (SSSR count). The second-order valence-electron chi connectivity index (χ2n) is 12.1. The summed E-state index contributed by atoms with van der Waals surface area (Å²) in [7, 11) is -0.817. The quantitative estimate of drug-likeness (QED) is 0.276. The van der Waals surface area contributed by atoms with Gasteiger partial charge in [0.15, 0.2) is 0 Å². The molecule has 1 amide bonds. The van der Waals surface area contributed by atoms with Gasteiger partial charge in [0.1, 0.15) is 17.1 Å². The van der Waals surface area contributed by atoms with Crippen molar-refractivity contribution in [3.63, 3.8) is 0 Å². The molecule has 1 aliphatic rings. The van der Waals surface area contributed by atoms with Crippen molar-refractivity contribution in [3.8, 4) is 11.6 Å². The third-order valence-electron chi connectivity index (χ3n) is 8.31. The highest BCUT2D eigenvalue weighted by atomic mass is 32.2. The Labute approximate surface area is 277 Å². The van der Waals surface area contributed by atoms with Gasteiger partial charge in [-0.15, -0.1) is 0 Å². The number of pyridine rings is 1. The first-order valence-electron chi connectivity index (χ1n) is 16.0. The number of nitrogens with zero attached hydrogens (tertiary/aromatic N) is 3. The first kappa shape index (κ1) is 36.3. The molecule has 0 fully saturated rings. The van der Waals surface area contributed by atoms with Crippen molar-refractivity contribution in [2.75, 3.05) is 40.5 Å². The smallest absolute Gasteiger partial charge is 0.259 e. The Kier molecular flexibility index (Phi) is 13.1. The minimum atomic E-state index is -3.92. The van der Waals surface area contributed by atoms with Gasteiger partial charge in [0.2, 0.25) is 15.9 Å². The average Bonchev–Trinajstić information content (AvgIpc) is 3.06. The van der Waals surface area contributed by atoms with Crippen LogP contribution in [0, 0.1) is 11.7 Å². The number of fused-ring (bicyclic) bond motifs is 1. The average molecular weight is 672 g/mol. The molecule has 2 heterocycles. The number of hydrogen-bond acceptors (Lipinski definition) is 8. The number of halogens is 1. The molecule has 4 atom stereocenters. The minimum Gasteiger partial charge on any atom is -0.497 e. The molecular weight excluding hydrogens is 625 g/mol. The lowest BCUT2D eigenvalue weighted by atomic mass is 10.0. The topological polar surface area (TPSA) is 108 Å². The molecule has 0 spiro atoms. The Morgan fingerprint density at radius 1 is 1.09 bits per heavy atom. The highest BCUT2D eigenvalue weighted by Gasteiger charge is 2.32. The lowest BCUT2D eigenvalue weighted by Gasteiger charge is -2.36. The van der Waals surface area contributed by atoms with Crippen LogP contribution in [0.15, 0.2) is 71.8 Å². The van der Waals surface area contributed by atoms with Crippen molar-refractivity contribution in [2.45, 2.75) is 69.8 Å². The molecule has 256 valence electrons. The van der Waals surface area contributed by atoms with E-state index in [0.717, 1.165) is 42.7 Å². The highest BCUT2D eigenvalue weighted by Crippen LogP contribution is 2.25. The van der Waals surface area contributed by atoms with E-state index in [1.807, 2.05) is 45.0 Å². The van der Waals surface area contributed by atoms with Gasteiger partial charge < -0.3 is 23.8 Å². The summed E-state index contributed by atoms with van der Waals surface area (Å²) in [5.41, 5.74) is 1.31. The van der Waals surface area contributed by atoms with E-state index in [1.165, 1.54) is 23.5 Å². The molecule has 10 nitrogen and oxygen atoms in total. The Balaban J connectivity index is 1.58. The SMILES string of the molecule is COc1ccc(COC[C@H](C)N2C[C@@H](C)[C@H](CN(C)S(=O)(=O)c3ccc(F)cc3)OCCCC[C@H](C)Oc3ncccc3C2=O)cc1. The molecule has 47 heavy (non-hydrogen) atoms. The van der Waals surface area contributed by atoms with Gasteiger partial charge in [-0.2, -0.15) is 4.31 Å². The fourth-order valence-electron chi connectivity index (χ4n) is 5.41. The number of likely N-dealkylation sites (N-methyl/N-ethyl adjacent to an activating group) is 1. The van der Waals surface area contributed by atoms with E-state index in [9.17, 15) is 17.6 Å².